The molecule has 118 valence electrons. The molecule has 1 aromatic carbocycles. The largest absolute Gasteiger partial charge is 0.345 e. The van der Waals surface area contributed by atoms with Crippen LogP contribution in [0.15, 0.2) is 55.4 Å². The zero-order chi connectivity index (χ0) is 16.4. The van der Waals surface area contributed by atoms with Gasteiger partial charge in [-0.1, -0.05) is 18.2 Å². The van der Waals surface area contributed by atoms with Crippen molar-refractivity contribution in [2.45, 2.75) is 6.54 Å². The number of carbonyl (C=O) groups is 1. The van der Waals surface area contributed by atoms with Crippen molar-refractivity contribution in [2.75, 3.05) is 0 Å². The summed E-state index contributed by atoms with van der Waals surface area (Å²) in [5.41, 5.74) is 2.03. The van der Waals surface area contributed by atoms with Gasteiger partial charge in [0, 0.05) is 17.8 Å². The SMILES string of the molecule is O=C(NCc1ncn(-c2ccccc2)n1)c1c[nH]c2ncncc12. The quantitative estimate of drug-likeness (QED) is 0.593. The van der Waals surface area contributed by atoms with E-state index in [2.05, 4.69) is 30.4 Å². The van der Waals surface area contributed by atoms with Gasteiger partial charge >= 0.3 is 0 Å². The monoisotopic (exact) mass is 319 g/mol. The highest BCUT2D eigenvalue weighted by molar-refractivity contribution is 6.05. The van der Waals surface area contributed by atoms with E-state index in [9.17, 15) is 4.79 Å². The summed E-state index contributed by atoms with van der Waals surface area (Å²) in [6, 6.07) is 9.66. The molecule has 0 saturated carbocycles. The molecule has 8 heteroatoms. The number of aromatic amines is 1. The maximum absolute atomic E-state index is 12.3. The Kier molecular flexibility index (Phi) is 3.47. The standard InChI is InChI=1S/C16H13N7O/c24-16(13-7-18-15-12(13)6-17-9-20-15)19-8-14-21-10-23(22-14)11-4-2-1-3-5-11/h1-7,9-10H,8H2,(H,19,24)(H,17,18,20). The maximum atomic E-state index is 12.3. The Labute approximate surface area is 136 Å². The number of carbonyl (C=O) groups excluding carboxylic acids is 1. The minimum Gasteiger partial charge on any atom is -0.345 e. The number of hydrogen-bond donors (Lipinski definition) is 2. The van der Waals surface area contributed by atoms with Gasteiger partial charge in [0.25, 0.3) is 5.91 Å². The molecule has 8 nitrogen and oxygen atoms in total. The van der Waals surface area contributed by atoms with Crippen LogP contribution in [0.4, 0.5) is 0 Å². The van der Waals surface area contributed by atoms with Gasteiger partial charge in [-0.25, -0.2) is 19.6 Å². The summed E-state index contributed by atoms with van der Waals surface area (Å²) in [6.45, 7) is 0.235. The lowest BCUT2D eigenvalue weighted by molar-refractivity contribution is 0.0951. The number of aromatic nitrogens is 6. The number of para-hydroxylation sites is 1. The molecule has 2 N–H and O–H groups in total. The van der Waals surface area contributed by atoms with E-state index in [1.54, 1.807) is 23.4 Å². The van der Waals surface area contributed by atoms with Crippen molar-refractivity contribution >= 4 is 16.9 Å². The minimum atomic E-state index is -0.230. The van der Waals surface area contributed by atoms with Crippen molar-refractivity contribution in [2.24, 2.45) is 0 Å². The first-order chi connectivity index (χ1) is 11.8. The Morgan fingerprint density at radius 3 is 2.96 bits per heavy atom. The lowest BCUT2D eigenvalue weighted by Crippen LogP contribution is -2.23. The van der Waals surface area contributed by atoms with Gasteiger partial charge < -0.3 is 10.3 Å². The average Bonchev–Trinajstić information content (AvgIpc) is 3.27. The van der Waals surface area contributed by atoms with Gasteiger partial charge in [-0.05, 0) is 12.1 Å². The van der Waals surface area contributed by atoms with Gasteiger partial charge in [0.05, 0.1) is 17.8 Å². The van der Waals surface area contributed by atoms with Crippen molar-refractivity contribution in [3.8, 4) is 5.69 Å². The van der Waals surface area contributed by atoms with Crippen LogP contribution in [0.25, 0.3) is 16.7 Å². The number of H-pyrrole nitrogens is 1. The van der Waals surface area contributed by atoms with E-state index in [0.717, 1.165) is 5.69 Å². The third-order valence-electron chi connectivity index (χ3n) is 3.57. The summed E-state index contributed by atoms with van der Waals surface area (Å²) < 4.78 is 1.67. The van der Waals surface area contributed by atoms with Crippen LogP contribution in [-0.4, -0.2) is 35.6 Å². The molecule has 0 bridgehead atoms. The molecule has 4 rings (SSSR count). The van der Waals surface area contributed by atoms with Gasteiger partial charge in [-0.3, -0.25) is 4.79 Å². The Balaban J connectivity index is 1.47. The van der Waals surface area contributed by atoms with E-state index in [1.807, 2.05) is 30.3 Å². The maximum Gasteiger partial charge on any atom is 0.253 e. The van der Waals surface area contributed by atoms with Gasteiger partial charge in [-0.15, -0.1) is 5.10 Å². The average molecular weight is 319 g/mol. The van der Waals surface area contributed by atoms with Crippen molar-refractivity contribution < 1.29 is 4.79 Å². The normalized spacial score (nSPS) is 10.8. The van der Waals surface area contributed by atoms with E-state index < -0.39 is 0 Å². The fraction of sp³-hybridized carbons (Fsp3) is 0.0625. The Morgan fingerprint density at radius 1 is 1.21 bits per heavy atom. The highest BCUT2D eigenvalue weighted by Crippen LogP contribution is 2.14. The van der Waals surface area contributed by atoms with E-state index in [1.165, 1.54) is 6.33 Å². The molecule has 0 unspecified atom stereocenters. The predicted octanol–water partition coefficient (Wildman–Crippen LogP) is 1.47. The summed E-state index contributed by atoms with van der Waals surface area (Å²) in [6.07, 6.45) is 6.28. The smallest absolute Gasteiger partial charge is 0.253 e. The molecule has 0 fully saturated rings. The predicted molar refractivity (Wildman–Crippen MR) is 86.4 cm³/mol. The molecular weight excluding hydrogens is 306 g/mol. The number of fused-ring (bicyclic) bond motifs is 1. The molecule has 0 aliphatic heterocycles. The van der Waals surface area contributed by atoms with Gasteiger partial charge in [-0.2, -0.15) is 0 Å². The second-order valence-corrected chi connectivity index (χ2v) is 5.11. The van der Waals surface area contributed by atoms with Crippen LogP contribution in [-0.2, 0) is 6.54 Å². The molecule has 3 heterocycles. The number of nitrogens with zero attached hydrogens (tertiary/aromatic N) is 5. The second kappa shape index (κ2) is 5.92. The molecule has 24 heavy (non-hydrogen) atoms. The Bertz CT molecular complexity index is 990. The van der Waals surface area contributed by atoms with Crippen LogP contribution in [0.1, 0.15) is 16.2 Å². The molecule has 4 aromatic rings. The zero-order valence-electron chi connectivity index (χ0n) is 12.5. The Hall–Kier alpha value is -3.55. The summed E-state index contributed by atoms with van der Waals surface area (Å²) in [5, 5.41) is 7.84. The number of amides is 1. The first-order valence-corrected chi connectivity index (χ1v) is 7.32. The van der Waals surface area contributed by atoms with E-state index in [-0.39, 0.29) is 12.5 Å². The van der Waals surface area contributed by atoms with Gasteiger partial charge in [0.1, 0.15) is 18.3 Å². The summed E-state index contributed by atoms with van der Waals surface area (Å²) in [7, 11) is 0. The van der Waals surface area contributed by atoms with Crippen LogP contribution in [0, 0.1) is 0 Å². The second-order valence-electron chi connectivity index (χ2n) is 5.11. The highest BCUT2D eigenvalue weighted by atomic mass is 16.1. The molecule has 0 atom stereocenters. The molecule has 0 spiro atoms. The van der Waals surface area contributed by atoms with E-state index in [4.69, 9.17) is 0 Å². The van der Waals surface area contributed by atoms with E-state index in [0.29, 0.717) is 22.4 Å². The van der Waals surface area contributed by atoms with Gasteiger partial charge in [0.2, 0.25) is 0 Å². The fourth-order valence-corrected chi connectivity index (χ4v) is 2.39. The third kappa shape index (κ3) is 2.60. The molecule has 1 amide bonds. The summed E-state index contributed by atoms with van der Waals surface area (Å²) in [4.78, 5) is 27.5. The molecule has 3 aromatic heterocycles. The van der Waals surface area contributed by atoms with Crippen molar-refractivity contribution in [3.63, 3.8) is 0 Å². The first kappa shape index (κ1) is 14.1. The van der Waals surface area contributed by atoms with Crippen LogP contribution in [0.3, 0.4) is 0 Å². The molecular formula is C16H13N7O. The summed E-state index contributed by atoms with van der Waals surface area (Å²) >= 11 is 0. The Morgan fingerprint density at radius 2 is 2.08 bits per heavy atom. The third-order valence-corrected chi connectivity index (χ3v) is 3.57. The fourth-order valence-electron chi connectivity index (χ4n) is 2.39. The minimum absolute atomic E-state index is 0.230. The van der Waals surface area contributed by atoms with Crippen molar-refractivity contribution in [3.05, 3.63) is 66.8 Å². The zero-order valence-corrected chi connectivity index (χ0v) is 12.5. The first-order valence-electron chi connectivity index (χ1n) is 7.32. The topological polar surface area (TPSA) is 101 Å². The van der Waals surface area contributed by atoms with Gasteiger partial charge in [0.15, 0.2) is 5.82 Å². The molecule has 0 saturated heterocycles. The van der Waals surface area contributed by atoms with Crippen LogP contribution < -0.4 is 5.32 Å². The highest BCUT2D eigenvalue weighted by Gasteiger charge is 2.13. The number of benzene rings is 1. The van der Waals surface area contributed by atoms with E-state index >= 15 is 0 Å². The lowest BCUT2D eigenvalue weighted by Gasteiger charge is -2.01. The summed E-state index contributed by atoms with van der Waals surface area (Å²) in [5.74, 6) is 0.301. The molecule has 0 aliphatic rings. The van der Waals surface area contributed by atoms with Crippen molar-refractivity contribution in [1.29, 1.82) is 0 Å². The number of hydrogen-bond acceptors (Lipinski definition) is 5. The number of rotatable bonds is 4. The molecule has 0 radical (unpaired) electrons. The van der Waals surface area contributed by atoms with Crippen LogP contribution in [0.2, 0.25) is 0 Å². The van der Waals surface area contributed by atoms with Crippen LogP contribution >= 0.6 is 0 Å². The van der Waals surface area contributed by atoms with Crippen molar-refractivity contribution in [1.82, 2.24) is 35.0 Å². The lowest BCUT2D eigenvalue weighted by atomic mass is 10.2. The number of nitrogens with one attached hydrogen (secondary N) is 2. The molecule has 0 aliphatic carbocycles. The van der Waals surface area contributed by atoms with Crippen LogP contribution in [0.5, 0.6) is 0 Å².